The van der Waals surface area contributed by atoms with Gasteiger partial charge in [-0.3, -0.25) is 0 Å². The van der Waals surface area contributed by atoms with Gasteiger partial charge in [-0.2, -0.15) is 0 Å². The normalized spacial score (nSPS) is 19.2. The Kier molecular flexibility index (Phi) is 3.42. The number of aryl methyl sites for hydroxylation is 2. The van der Waals surface area contributed by atoms with Crippen LogP contribution in [0.5, 0.6) is 0 Å². The number of hydrogen-bond acceptors (Lipinski definition) is 2. The summed E-state index contributed by atoms with van der Waals surface area (Å²) in [6, 6.07) is 11.1. The molecule has 1 atom stereocenters. The van der Waals surface area contributed by atoms with E-state index in [2.05, 4.69) is 45.2 Å². The lowest BCUT2D eigenvalue weighted by molar-refractivity contribution is 0.563. The SMILES string of the molecule is c1ccc(CCn2cncc2[C@@H]2CCCN2)cc1. The molecule has 0 spiro atoms. The van der Waals surface area contributed by atoms with Crippen molar-refractivity contribution in [3.05, 3.63) is 54.1 Å². The van der Waals surface area contributed by atoms with Crippen LogP contribution in [0.4, 0.5) is 0 Å². The number of hydrogen-bond donors (Lipinski definition) is 1. The number of rotatable bonds is 4. The van der Waals surface area contributed by atoms with E-state index in [1.54, 1.807) is 0 Å². The van der Waals surface area contributed by atoms with E-state index in [1.165, 1.54) is 24.1 Å². The highest BCUT2D eigenvalue weighted by atomic mass is 15.1. The van der Waals surface area contributed by atoms with Crippen molar-refractivity contribution in [1.29, 1.82) is 0 Å². The van der Waals surface area contributed by atoms with Crippen LogP contribution in [-0.4, -0.2) is 16.1 Å². The lowest BCUT2D eigenvalue weighted by atomic mass is 10.1. The van der Waals surface area contributed by atoms with E-state index in [0.717, 1.165) is 19.5 Å². The van der Waals surface area contributed by atoms with E-state index in [-0.39, 0.29) is 0 Å². The third kappa shape index (κ3) is 2.46. The largest absolute Gasteiger partial charge is 0.333 e. The Morgan fingerprint density at radius 3 is 2.94 bits per heavy atom. The van der Waals surface area contributed by atoms with Gasteiger partial charge >= 0.3 is 0 Å². The molecule has 0 saturated carbocycles. The number of nitrogens with zero attached hydrogens (tertiary/aromatic N) is 2. The first-order valence-electron chi connectivity index (χ1n) is 6.71. The molecule has 1 saturated heterocycles. The maximum Gasteiger partial charge on any atom is 0.0948 e. The molecule has 0 radical (unpaired) electrons. The van der Waals surface area contributed by atoms with Crippen LogP contribution < -0.4 is 5.32 Å². The van der Waals surface area contributed by atoms with Crippen LogP contribution in [0.2, 0.25) is 0 Å². The summed E-state index contributed by atoms with van der Waals surface area (Å²) < 4.78 is 2.29. The summed E-state index contributed by atoms with van der Waals surface area (Å²) in [5.41, 5.74) is 2.72. The first-order chi connectivity index (χ1) is 8.93. The molecule has 1 aliphatic heterocycles. The molecule has 0 bridgehead atoms. The standard InChI is InChI=1S/C15H19N3/c1-2-5-13(6-3-1)8-10-18-12-16-11-15(18)14-7-4-9-17-14/h1-3,5-6,11-12,14,17H,4,7-10H2/t14-/m0/s1. The molecule has 3 rings (SSSR count). The van der Waals surface area contributed by atoms with Crippen LogP contribution in [-0.2, 0) is 13.0 Å². The van der Waals surface area contributed by atoms with Gasteiger partial charge in [0.05, 0.1) is 12.0 Å². The van der Waals surface area contributed by atoms with Gasteiger partial charge in [-0.25, -0.2) is 4.98 Å². The molecule has 2 heterocycles. The smallest absolute Gasteiger partial charge is 0.0948 e. The first kappa shape index (κ1) is 11.5. The molecule has 0 unspecified atom stereocenters. The molecular weight excluding hydrogens is 222 g/mol. The van der Waals surface area contributed by atoms with Gasteiger partial charge in [-0.1, -0.05) is 30.3 Å². The Morgan fingerprint density at radius 2 is 2.17 bits per heavy atom. The van der Waals surface area contributed by atoms with Crippen molar-refractivity contribution >= 4 is 0 Å². The fourth-order valence-electron chi connectivity index (χ4n) is 2.64. The lowest BCUT2D eigenvalue weighted by Crippen LogP contribution is -2.17. The number of nitrogens with one attached hydrogen (secondary N) is 1. The van der Waals surface area contributed by atoms with Crippen LogP contribution in [0.1, 0.15) is 30.1 Å². The Balaban J connectivity index is 1.68. The topological polar surface area (TPSA) is 29.9 Å². The third-order valence-electron chi connectivity index (χ3n) is 3.65. The molecule has 3 nitrogen and oxygen atoms in total. The van der Waals surface area contributed by atoms with Crippen LogP contribution in [0.15, 0.2) is 42.9 Å². The van der Waals surface area contributed by atoms with Gasteiger partial charge in [-0.05, 0) is 31.4 Å². The molecule has 0 aliphatic carbocycles. The molecule has 1 fully saturated rings. The van der Waals surface area contributed by atoms with Crippen molar-refractivity contribution < 1.29 is 0 Å². The fraction of sp³-hybridized carbons (Fsp3) is 0.400. The summed E-state index contributed by atoms with van der Waals surface area (Å²) in [4.78, 5) is 4.30. The second kappa shape index (κ2) is 5.36. The van der Waals surface area contributed by atoms with Gasteiger partial charge in [0, 0.05) is 18.8 Å². The Labute approximate surface area is 108 Å². The molecule has 1 N–H and O–H groups in total. The van der Waals surface area contributed by atoms with Gasteiger partial charge in [-0.15, -0.1) is 0 Å². The van der Waals surface area contributed by atoms with Crippen LogP contribution in [0, 0.1) is 0 Å². The zero-order valence-electron chi connectivity index (χ0n) is 10.5. The first-order valence-corrected chi connectivity index (χ1v) is 6.71. The maximum absolute atomic E-state index is 4.30. The Bertz CT molecular complexity index is 483. The molecule has 1 aromatic heterocycles. The lowest BCUT2D eigenvalue weighted by Gasteiger charge is -2.13. The van der Waals surface area contributed by atoms with Crippen LogP contribution >= 0.6 is 0 Å². The van der Waals surface area contributed by atoms with Crippen molar-refractivity contribution in [1.82, 2.24) is 14.9 Å². The van der Waals surface area contributed by atoms with Gasteiger partial charge in [0.2, 0.25) is 0 Å². The fourth-order valence-corrected chi connectivity index (χ4v) is 2.64. The van der Waals surface area contributed by atoms with E-state index in [4.69, 9.17) is 0 Å². The zero-order valence-corrected chi connectivity index (χ0v) is 10.5. The molecule has 2 aromatic rings. The summed E-state index contributed by atoms with van der Waals surface area (Å²) in [5, 5.41) is 3.54. The molecule has 94 valence electrons. The van der Waals surface area contributed by atoms with Crippen molar-refractivity contribution in [2.45, 2.75) is 31.8 Å². The molecule has 3 heteroatoms. The summed E-state index contributed by atoms with van der Waals surface area (Å²) >= 11 is 0. The highest BCUT2D eigenvalue weighted by Crippen LogP contribution is 2.22. The van der Waals surface area contributed by atoms with Crippen molar-refractivity contribution in [3.8, 4) is 0 Å². The number of benzene rings is 1. The molecule has 18 heavy (non-hydrogen) atoms. The Morgan fingerprint density at radius 1 is 1.28 bits per heavy atom. The van der Waals surface area contributed by atoms with E-state index in [0.29, 0.717) is 6.04 Å². The van der Waals surface area contributed by atoms with Crippen molar-refractivity contribution in [2.75, 3.05) is 6.54 Å². The highest BCUT2D eigenvalue weighted by molar-refractivity contribution is 5.15. The number of aromatic nitrogens is 2. The minimum absolute atomic E-state index is 0.503. The maximum atomic E-state index is 4.30. The molecule has 0 amide bonds. The minimum atomic E-state index is 0.503. The molecular formula is C15H19N3. The van der Waals surface area contributed by atoms with Crippen molar-refractivity contribution in [2.24, 2.45) is 0 Å². The predicted octanol–water partition coefficient (Wildman–Crippen LogP) is 2.55. The average molecular weight is 241 g/mol. The third-order valence-corrected chi connectivity index (χ3v) is 3.65. The monoisotopic (exact) mass is 241 g/mol. The number of imidazole rings is 1. The van der Waals surface area contributed by atoms with Gasteiger partial charge in [0.25, 0.3) is 0 Å². The van der Waals surface area contributed by atoms with Crippen LogP contribution in [0.25, 0.3) is 0 Å². The predicted molar refractivity (Wildman–Crippen MR) is 72.4 cm³/mol. The summed E-state index contributed by atoms with van der Waals surface area (Å²) in [6.07, 6.45) is 7.54. The van der Waals surface area contributed by atoms with E-state index < -0.39 is 0 Å². The second-order valence-corrected chi connectivity index (χ2v) is 4.90. The van der Waals surface area contributed by atoms with Gasteiger partial charge in [0.15, 0.2) is 0 Å². The molecule has 1 aliphatic rings. The van der Waals surface area contributed by atoms with E-state index in [9.17, 15) is 0 Å². The summed E-state index contributed by atoms with van der Waals surface area (Å²) in [6.45, 7) is 2.14. The van der Waals surface area contributed by atoms with E-state index in [1.807, 2.05) is 12.5 Å². The molecule has 1 aromatic carbocycles. The van der Waals surface area contributed by atoms with Gasteiger partial charge < -0.3 is 9.88 Å². The average Bonchev–Trinajstić information content (AvgIpc) is 3.08. The highest BCUT2D eigenvalue weighted by Gasteiger charge is 2.19. The van der Waals surface area contributed by atoms with Crippen LogP contribution in [0.3, 0.4) is 0 Å². The van der Waals surface area contributed by atoms with E-state index >= 15 is 0 Å². The summed E-state index contributed by atoms with van der Waals surface area (Å²) in [7, 11) is 0. The summed E-state index contributed by atoms with van der Waals surface area (Å²) in [5.74, 6) is 0. The minimum Gasteiger partial charge on any atom is -0.333 e. The Hall–Kier alpha value is -1.61. The quantitative estimate of drug-likeness (QED) is 0.891. The van der Waals surface area contributed by atoms with Gasteiger partial charge in [0.1, 0.15) is 0 Å². The van der Waals surface area contributed by atoms with Crippen molar-refractivity contribution in [3.63, 3.8) is 0 Å². The second-order valence-electron chi connectivity index (χ2n) is 4.90. The zero-order chi connectivity index (χ0) is 12.2.